The van der Waals surface area contributed by atoms with Crippen LogP contribution >= 0.6 is 15.9 Å². The Morgan fingerprint density at radius 3 is 2.88 bits per heavy atom. The minimum atomic E-state index is -0.300. The van der Waals surface area contributed by atoms with Crippen LogP contribution in [-0.2, 0) is 20.9 Å². The Morgan fingerprint density at radius 2 is 2.08 bits per heavy atom. The molecule has 1 heterocycles. The van der Waals surface area contributed by atoms with Gasteiger partial charge in [-0.2, -0.15) is 0 Å². The summed E-state index contributed by atoms with van der Waals surface area (Å²) in [6, 6.07) is 15.7. The number of nitrogens with zero attached hydrogens (tertiary/aromatic N) is 1. The first-order chi connectivity index (χ1) is 12.6. The van der Waals surface area contributed by atoms with E-state index in [0.717, 1.165) is 26.9 Å². The molecule has 0 atom stereocenters. The van der Waals surface area contributed by atoms with Gasteiger partial charge in [0.1, 0.15) is 0 Å². The average Bonchev–Trinajstić information content (AvgIpc) is 2.63. The molecule has 26 heavy (non-hydrogen) atoms. The SMILES string of the molecule is COC(=O)CCCC(=O)N1Cc2cc(Br)ccc2/C=C\c2c#cccc21. The van der Waals surface area contributed by atoms with E-state index >= 15 is 0 Å². The number of methoxy groups -OCH3 is 1. The van der Waals surface area contributed by atoms with Gasteiger partial charge in [-0.1, -0.05) is 40.2 Å². The molecule has 0 saturated carbocycles. The lowest BCUT2D eigenvalue weighted by Gasteiger charge is -2.26. The molecule has 4 nitrogen and oxygen atoms in total. The molecule has 0 N–H and O–H groups in total. The van der Waals surface area contributed by atoms with Crippen LogP contribution in [0.4, 0.5) is 5.69 Å². The molecule has 0 spiro atoms. The summed E-state index contributed by atoms with van der Waals surface area (Å²) < 4.78 is 5.61. The van der Waals surface area contributed by atoms with Crippen LogP contribution in [0.25, 0.3) is 12.2 Å². The summed E-state index contributed by atoms with van der Waals surface area (Å²) in [7, 11) is 1.35. The number of carbonyl (C=O) groups is 2. The average molecular weight is 412 g/mol. The van der Waals surface area contributed by atoms with Crippen molar-refractivity contribution in [3.8, 4) is 0 Å². The Labute approximate surface area is 161 Å². The van der Waals surface area contributed by atoms with Gasteiger partial charge >= 0.3 is 5.97 Å². The number of rotatable bonds is 4. The molecule has 2 aromatic rings. The Morgan fingerprint density at radius 1 is 1.23 bits per heavy atom. The molecule has 0 saturated heterocycles. The number of anilines is 1. The zero-order chi connectivity index (χ0) is 18.5. The van der Waals surface area contributed by atoms with Gasteiger partial charge in [0.15, 0.2) is 0 Å². The number of hydrogen-bond donors (Lipinski definition) is 0. The van der Waals surface area contributed by atoms with Crippen molar-refractivity contribution in [1.29, 1.82) is 0 Å². The lowest BCUT2D eigenvalue weighted by Crippen LogP contribution is -2.31. The standard InChI is InChI=1S/C21H18BrNO3/c1-26-21(25)8-4-7-20(24)23-14-17-13-18(22)12-11-15(17)9-10-16-5-2-3-6-19(16)23/h3,6,9-13H,4,7-8,14H2,1H3/b10-9-. The van der Waals surface area contributed by atoms with Crippen molar-refractivity contribution in [2.75, 3.05) is 12.0 Å². The molecule has 2 aromatic carbocycles. The van der Waals surface area contributed by atoms with Crippen LogP contribution in [-0.4, -0.2) is 19.0 Å². The molecule has 1 aliphatic heterocycles. The predicted octanol–water partition coefficient (Wildman–Crippen LogP) is 4.41. The van der Waals surface area contributed by atoms with Gasteiger partial charge in [0.05, 0.1) is 19.3 Å². The third kappa shape index (κ3) is 4.14. The first-order valence-electron chi connectivity index (χ1n) is 8.34. The van der Waals surface area contributed by atoms with Gasteiger partial charge in [-0.05, 0) is 47.9 Å². The van der Waals surface area contributed by atoms with Crippen LogP contribution in [0.15, 0.2) is 34.8 Å². The van der Waals surface area contributed by atoms with E-state index in [4.69, 9.17) is 0 Å². The van der Waals surface area contributed by atoms with E-state index in [1.165, 1.54) is 7.11 Å². The second-order valence-electron chi connectivity index (χ2n) is 5.99. The largest absolute Gasteiger partial charge is 0.469 e. The molecule has 132 valence electrons. The van der Waals surface area contributed by atoms with Crippen LogP contribution in [0.5, 0.6) is 0 Å². The van der Waals surface area contributed by atoms with Gasteiger partial charge in [0.25, 0.3) is 0 Å². The maximum atomic E-state index is 12.9. The van der Waals surface area contributed by atoms with Gasteiger partial charge in [0, 0.05) is 22.9 Å². The Kier molecular flexibility index (Phi) is 5.75. The Balaban J connectivity index is 1.91. The topological polar surface area (TPSA) is 46.6 Å². The van der Waals surface area contributed by atoms with Crippen molar-refractivity contribution >= 4 is 45.6 Å². The summed E-state index contributed by atoms with van der Waals surface area (Å²) in [5, 5.41) is 0. The van der Waals surface area contributed by atoms with Gasteiger partial charge in [-0.25, -0.2) is 0 Å². The normalized spacial score (nSPS) is 13.5. The molecular weight excluding hydrogens is 394 g/mol. The second-order valence-corrected chi connectivity index (χ2v) is 6.90. The van der Waals surface area contributed by atoms with E-state index < -0.39 is 0 Å². The predicted molar refractivity (Wildman–Crippen MR) is 104 cm³/mol. The fourth-order valence-corrected chi connectivity index (χ4v) is 3.31. The molecule has 1 aliphatic rings. The number of esters is 1. The van der Waals surface area contributed by atoms with Gasteiger partial charge in [-0.15, -0.1) is 0 Å². The summed E-state index contributed by atoms with van der Waals surface area (Å²) >= 11 is 3.50. The van der Waals surface area contributed by atoms with Crippen molar-refractivity contribution in [2.24, 2.45) is 0 Å². The van der Waals surface area contributed by atoms with Crippen molar-refractivity contribution in [2.45, 2.75) is 25.8 Å². The quantitative estimate of drug-likeness (QED) is 0.699. The molecule has 0 aromatic heterocycles. The molecule has 1 amide bonds. The minimum absolute atomic E-state index is 0.0315. The van der Waals surface area contributed by atoms with Crippen LogP contribution in [0.3, 0.4) is 0 Å². The number of hydrogen-bond acceptors (Lipinski definition) is 3. The van der Waals surface area contributed by atoms with Crippen LogP contribution < -0.4 is 4.90 Å². The maximum Gasteiger partial charge on any atom is 0.305 e. The third-order valence-electron chi connectivity index (χ3n) is 4.26. The Bertz CT molecular complexity index is 860. The second kappa shape index (κ2) is 8.20. The Hall–Kier alpha value is -2.58. The molecule has 0 bridgehead atoms. The van der Waals surface area contributed by atoms with Gasteiger partial charge < -0.3 is 9.64 Å². The van der Waals surface area contributed by atoms with E-state index in [1.54, 1.807) is 11.0 Å². The fraction of sp³-hybridized carbons (Fsp3) is 0.238. The van der Waals surface area contributed by atoms with Crippen molar-refractivity contribution < 1.29 is 14.3 Å². The minimum Gasteiger partial charge on any atom is -0.469 e. The van der Waals surface area contributed by atoms with Crippen LogP contribution in [0.1, 0.15) is 36.0 Å². The van der Waals surface area contributed by atoms with E-state index in [1.807, 2.05) is 36.4 Å². The van der Waals surface area contributed by atoms with E-state index in [2.05, 4.69) is 32.8 Å². The highest BCUT2D eigenvalue weighted by Gasteiger charge is 2.21. The number of benzene rings is 1. The number of ether oxygens (including phenoxy) is 1. The van der Waals surface area contributed by atoms with Gasteiger partial charge in [0.2, 0.25) is 5.91 Å². The van der Waals surface area contributed by atoms with E-state index in [0.29, 0.717) is 13.0 Å². The highest BCUT2D eigenvalue weighted by atomic mass is 79.9. The van der Waals surface area contributed by atoms with E-state index in [9.17, 15) is 9.59 Å². The van der Waals surface area contributed by atoms with Crippen molar-refractivity contribution in [3.63, 3.8) is 0 Å². The molecule has 5 heteroatoms. The highest BCUT2D eigenvalue weighted by molar-refractivity contribution is 9.10. The summed E-state index contributed by atoms with van der Waals surface area (Å²) in [6.45, 7) is 0.459. The summed E-state index contributed by atoms with van der Waals surface area (Å²) in [4.78, 5) is 26.0. The number of halogens is 1. The monoisotopic (exact) mass is 411 g/mol. The number of fused-ring (bicyclic) bond motifs is 2. The number of carbonyl (C=O) groups excluding carboxylic acids is 2. The van der Waals surface area contributed by atoms with Crippen LogP contribution in [0, 0.1) is 12.1 Å². The summed E-state index contributed by atoms with van der Waals surface area (Å²) in [5.74, 6) is -0.331. The highest BCUT2D eigenvalue weighted by Crippen LogP contribution is 2.29. The molecule has 0 fully saturated rings. The molecule has 3 rings (SSSR count). The van der Waals surface area contributed by atoms with Crippen molar-refractivity contribution in [1.82, 2.24) is 0 Å². The van der Waals surface area contributed by atoms with Gasteiger partial charge in [-0.3, -0.25) is 9.59 Å². The molecule has 0 unspecified atom stereocenters. The molecular formula is C21H18BrNO3. The van der Waals surface area contributed by atoms with Crippen LogP contribution in [0.2, 0.25) is 0 Å². The van der Waals surface area contributed by atoms with E-state index in [-0.39, 0.29) is 24.7 Å². The van der Waals surface area contributed by atoms with Crippen molar-refractivity contribution in [3.05, 3.63) is 63.6 Å². The third-order valence-corrected chi connectivity index (χ3v) is 4.75. The number of amides is 1. The molecule has 0 radical (unpaired) electrons. The zero-order valence-corrected chi connectivity index (χ0v) is 16.0. The first-order valence-corrected chi connectivity index (χ1v) is 9.14. The summed E-state index contributed by atoms with van der Waals surface area (Å²) in [6.07, 6.45) is 4.96. The molecule has 0 aliphatic carbocycles. The smallest absolute Gasteiger partial charge is 0.305 e. The zero-order valence-electron chi connectivity index (χ0n) is 14.4. The lowest BCUT2D eigenvalue weighted by molar-refractivity contribution is -0.140. The summed E-state index contributed by atoms with van der Waals surface area (Å²) in [5.41, 5.74) is 3.73. The first kappa shape index (κ1) is 18.2. The lowest BCUT2D eigenvalue weighted by atomic mass is 10.0. The maximum absolute atomic E-state index is 12.9. The fourth-order valence-electron chi connectivity index (χ4n) is 2.90.